The zero-order valence-corrected chi connectivity index (χ0v) is 22.4. The Hall–Kier alpha value is -3.73. The van der Waals surface area contributed by atoms with Gasteiger partial charge in [0.1, 0.15) is 17.8 Å². The smallest absolute Gasteiger partial charge is 0.224 e. The number of carbonyl (C=O) groups excluding carboxylic acids is 1. The summed E-state index contributed by atoms with van der Waals surface area (Å²) in [7, 11) is -2.19. The molecule has 4 aromatic rings. The number of nitrogens with one attached hydrogen (secondary N) is 2. The van der Waals surface area contributed by atoms with Gasteiger partial charge in [0.05, 0.1) is 21.8 Å². The minimum Gasteiger partial charge on any atom is -0.497 e. The SMILES string of the molecule is COc1ccc2ccc(S(=O)(=O)c3cccc(CNC(c4csc(C(=N)N)c4)N4CCCC4=O)c3)cc2c1. The van der Waals surface area contributed by atoms with Gasteiger partial charge in [-0.05, 0) is 70.6 Å². The molecule has 0 spiro atoms. The summed E-state index contributed by atoms with van der Waals surface area (Å²) in [6, 6.07) is 19.3. The average molecular weight is 549 g/mol. The lowest BCUT2D eigenvalue weighted by atomic mass is 10.1. The molecule has 0 radical (unpaired) electrons. The number of nitrogens with two attached hydrogens (primary N) is 1. The number of methoxy groups -OCH3 is 1. The monoisotopic (exact) mass is 548 g/mol. The highest BCUT2D eigenvalue weighted by atomic mass is 32.2. The lowest BCUT2D eigenvalue weighted by molar-refractivity contribution is -0.130. The van der Waals surface area contributed by atoms with Gasteiger partial charge in [0.15, 0.2) is 0 Å². The molecular weight excluding hydrogens is 520 g/mol. The average Bonchev–Trinajstić information content (AvgIpc) is 3.58. The summed E-state index contributed by atoms with van der Waals surface area (Å²) in [6.07, 6.45) is 0.879. The van der Waals surface area contributed by atoms with Gasteiger partial charge in [0.2, 0.25) is 15.7 Å². The fourth-order valence-electron chi connectivity index (χ4n) is 4.66. The Balaban J connectivity index is 1.40. The summed E-state index contributed by atoms with van der Waals surface area (Å²) in [5.74, 6) is 0.701. The Kier molecular flexibility index (Phi) is 7.20. The van der Waals surface area contributed by atoms with E-state index in [0.717, 1.165) is 28.3 Å². The number of nitrogen functional groups attached to an aromatic ring is 1. The minimum atomic E-state index is -3.76. The molecule has 8 nitrogen and oxygen atoms in total. The van der Waals surface area contributed by atoms with Crippen molar-refractivity contribution in [2.24, 2.45) is 5.73 Å². The third kappa shape index (κ3) is 5.15. The number of hydrogen-bond donors (Lipinski definition) is 3. The first-order valence-corrected chi connectivity index (χ1v) is 14.5. The van der Waals surface area contributed by atoms with Crippen molar-refractivity contribution in [3.63, 3.8) is 0 Å². The first-order valence-electron chi connectivity index (χ1n) is 12.1. The molecule has 1 unspecified atom stereocenters. The highest BCUT2D eigenvalue weighted by Gasteiger charge is 2.29. The van der Waals surface area contributed by atoms with Gasteiger partial charge in [0, 0.05) is 25.1 Å². The van der Waals surface area contributed by atoms with Crippen LogP contribution in [0.25, 0.3) is 10.8 Å². The molecular formula is C28H28N4O4S2. The Morgan fingerprint density at radius 1 is 1.11 bits per heavy atom. The molecule has 38 heavy (non-hydrogen) atoms. The van der Waals surface area contributed by atoms with Gasteiger partial charge in [0.25, 0.3) is 0 Å². The topological polar surface area (TPSA) is 126 Å². The van der Waals surface area contributed by atoms with Crippen LogP contribution in [0.1, 0.15) is 35.0 Å². The molecule has 1 atom stereocenters. The number of hydrogen-bond acceptors (Lipinski definition) is 7. The van der Waals surface area contributed by atoms with Gasteiger partial charge in [-0.25, -0.2) is 8.42 Å². The van der Waals surface area contributed by atoms with Gasteiger partial charge >= 0.3 is 0 Å². The van der Waals surface area contributed by atoms with Crippen molar-refractivity contribution in [2.75, 3.05) is 13.7 Å². The maximum absolute atomic E-state index is 13.5. The molecule has 1 fully saturated rings. The van der Waals surface area contributed by atoms with E-state index in [4.69, 9.17) is 15.9 Å². The predicted molar refractivity (Wildman–Crippen MR) is 148 cm³/mol. The van der Waals surface area contributed by atoms with Crippen LogP contribution in [0.3, 0.4) is 0 Å². The van der Waals surface area contributed by atoms with E-state index in [1.807, 2.05) is 35.7 Å². The normalized spacial score (nSPS) is 14.7. The molecule has 3 aromatic carbocycles. The lowest BCUT2D eigenvalue weighted by Gasteiger charge is -2.28. The standard InChI is InChI=1S/C28H28N4O4S2/c1-36-22-9-7-19-8-10-24(14-20(19)13-22)38(34,35)23-5-2-4-18(12-23)16-31-28(32-11-3-6-26(32)33)21-15-25(27(29)30)37-17-21/h2,4-5,7-10,12-15,17,28,31H,3,6,11,16H2,1H3,(H3,29,30). The molecule has 1 aromatic heterocycles. The largest absolute Gasteiger partial charge is 0.497 e. The van der Waals surface area contributed by atoms with E-state index in [-0.39, 0.29) is 21.5 Å². The summed E-state index contributed by atoms with van der Waals surface area (Å²) >= 11 is 1.36. The minimum absolute atomic E-state index is 0.0159. The van der Waals surface area contributed by atoms with Crippen molar-refractivity contribution in [1.82, 2.24) is 10.2 Å². The van der Waals surface area contributed by atoms with Crippen LogP contribution in [0.4, 0.5) is 0 Å². The number of amidine groups is 1. The van der Waals surface area contributed by atoms with Gasteiger partial charge in [-0.15, -0.1) is 11.3 Å². The zero-order chi connectivity index (χ0) is 26.9. The van der Waals surface area contributed by atoms with Crippen LogP contribution < -0.4 is 15.8 Å². The molecule has 1 saturated heterocycles. The number of fused-ring (bicyclic) bond motifs is 1. The first kappa shape index (κ1) is 25.9. The molecule has 0 bridgehead atoms. The quantitative estimate of drug-likeness (QED) is 0.210. The van der Waals surface area contributed by atoms with E-state index >= 15 is 0 Å². The molecule has 10 heteroatoms. The number of ether oxygens (including phenoxy) is 1. The summed E-state index contributed by atoms with van der Waals surface area (Å²) in [5, 5.41) is 14.7. The fourth-order valence-corrected chi connectivity index (χ4v) is 6.81. The van der Waals surface area contributed by atoms with Crippen molar-refractivity contribution >= 4 is 43.7 Å². The van der Waals surface area contributed by atoms with Crippen molar-refractivity contribution < 1.29 is 17.9 Å². The highest BCUT2D eigenvalue weighted by Crippen LogP contribution is 2.30. The Bertz CT molecular complexity index is 1630. The molecule has 1 aliphatic heterocycles. The van der Waals surface area contributed by atoms with Gasteiger partial charge < -0.3 is 15.4 Å². The van der Waals surface area contributed by atoms with E-state index in [2.05, 4.69) is 5.32 Å². The number of sulfone groups is 1. The predicted octanol–water partition coefficient (Wildman–Crippen LogP) is 4.44. The molecule has 196 valence electrons. The number of rotatable bonds is 9. The zero-order valence-electron chi connectivity index (χ0n) is 20.8. The summed E-state index contributed by atoms with van der Waals surface area (Å²) in [4.78, 5) is 15.4. The van der Waals surface area contributed by atoms with Crippen molar-refractivity contribution in [2.45, 2.75) is 35.3 Å². The highest BCUT2D eigenvalue weighted by molar-refractivity contribution is 7.91. The Labute approximate surface area is 225 Å². The van der Waals surface area contributed by atoms with Crippen LogP contribution in [0.5, 0.6) is 5.75 Å². The Morgan fingerprint density at radius 3 is 2.61 bits per heavy atom. The number of thiophene rings is 1. The lowest BCUT2D eigenvalue weighted by Crippen LogP contribution is -2.38. The number of benzene rings is 3. The molecule has 0 aliphatic carbocycles. The first-order chi connectivity index (χ1) is 18.3. The maximum atomic E-state index is 13.5. The number of carbonyl (C=O) groups is 1. The van der Waals surface area contributed by atoms with Crippen LogP contribution in [0.2, 0.25) is 0 Å². The molecule has 5 rings (SSSR count). The van der Waals surface area contributed by atoms with Crippen LogP contribution in [-0.4, -0.2) is 38.7 Å². The molecule has 1 amide bonds. The molecule has 1 aliphatic rings. The number of likely N-dealkylation sites (tertiary alicyclic amines) is 1. The van der Waals surface area contributed by atoms with E-state index in [0.29, 0.717) is 30.1 Å². The second-order valence-electron chi connectivity index (χ2n) is 9.16. The number of amides is 1. The van der Waals surface area contributed by atoms with Crippen LogP contribution in [-0.2, 0) is 21.2 Å². The van der Waals surface area contributed by atoms with Crippen molar-refractivity contribution in [1.29, 1.82) is 5.41 Å². The van der Waals surface area contributed by atoms with E-state index in [1.165, 1.54) is 11.3 Å². The van der Waals surface area contributed by atoms with E-state index < -0.39 is 16.0 Å². The van der Waals surface area contributed by atoms with Gasteiger partial charge in [-0.3, -0.25) is 15.5 Å². The number of nitrogens with zero attached hydrogens (tertiary/aromatic N) is 1. The molecule has 4 N–H and O–H groups in total. The second kappa shape index (κ2) is 10.6. The Morgan fingerprint density at radius 2 is 1.89 bits per heavy atom. The second-order valence-corrected chi connectivity index (χ2v) is 12.0. The van der Waals surface area contributed by atoms with Crippen molar-refractivity contribution in [3.8, 4) is 5.75 Å². The molecule has 0 saturated carbocycles. The third-order valence-electron chi connectivity index (χ3n) is 6.66. The van der Waals surface area contributed by atoms with E-state index in [1.54, 1.807) is 48.4 Å². The summed E-state index contributed by atoms with van der Waals surface area (Å²) in [6.45, 7) is 0.973. The van der Waals surface area contributed by atoms with E-state index in [9.17, 15) is 13.2 Å². The van der Waals surface area contributed by atoms with Crippen molar-refractivity contribution in [3.05, 3.63) is 88.1 Å². The third-order valence-corrected chi connectivity index (χ3v) is 9.39. The van der Waals surface area contributed by atoms with Crippen LogP contribution in [0.15, 0.2) is 81.9 Å². The summed E-state index contributed by atoms with van der Waals surface area (Å²) in [5.41, 5.74) is 7.28. The maximum Gasteiger partial charge on any atom is 0.224 e. The molecule has 2 heterocycles. The van der Waals surface area contributed by atoms with Crippen LogP contribution >= 0.6 is 11.3 Å². The van der Waals surface area contributed by atoms with Gasteiger partial charge in [-0.1, -0.05) is 24.3 Å². The summed E-state index contributed by atoms with van der Waals surface area (Å²) < 4.78 is 32.3. The van der Waals surface area contributed by atoms with Gasteiger partial charge in [-0.2, -0.15) is 0 Å². The fraction of sp³-hybridized carbons (Fsp3) is 0.214. The van der Waals surface area contributed by atoms with Crippen LogP contribution in [0, 0.1) is 5.41 Å².